The second-order valence-corrected chi connectivity index (χ2v) is 3.25. The van der Waals surface area contributed by atoms with Gasteiger partial charge in [-0.15, -0.1) is 0 Å². The van der Waals surface area contributed by atoms with Gasteiger partial charge in [-0.2, -0.15) is 0 Å². The monoisotopic (exact) mass is 209 g/mol. The van der Waals surface area contributed by atoms with Gasteiger partial charge in [0.15, 0.2) is 0 Å². The molecule has 1 aromatic rings. The van der Waals surface area contributed by atoms with Crippen LogP contribution in [0.4, 0.5) is 0 Å². The summed E-state index contributed by atoms with van der Waals surface area (Å²) in [6.07, 6.45) is 0.956. The summed E-state index contributed by atoms with van der Waals surface area (Å²) in [4.78, 5) is 0. The van der Waals surface area contributed by atoms with E-state index in [4.69, 9.17) is 15.2 Å². The molecule has 0 saturated heterocycles. The average Bonchev–Trinajstić information content (AvgIpc) is 2.29. The van der Waals surface area contributed by atoms with E-state index >= 15 is 0 Å². The Morgan fingerprint density at radius 3 is 2.20 bits per heavy atom. The predicted octanol–water partition coefficient (Wildman–Crippen LogP) is 1.22. The minimum Gasteiger partial charge on any atom is -0.379 e. The molecule has 0 aliphatic rings. The number of hydrogen-bond acceptors (Lipinski definition) is 3. The fourth-order valence-electron chi connectivity index (χ4n) is 1.24. The Labute approximate surface area is 91.2 Å². The maximum Gasteiger partial charge on any atom is 0.0701 e. The summed E-state index contributed by atoms with van der Waals surface area (Å²) in [6, 6.07) is 10.3. The zero-order chi connectivity index (χ0) is 10.8. The molecule has 3 heteroatoms. The van der Waals surface area contributed by atoms with E-state index in [2.05, 4.69) is 12.1 Å². The maximum atomic E-state index is 5.42. The van der Waals surface area contributed by atoms with E-state index in [-0.39, 0.29) is 0 Å². The zero-order valence-electron chi connectivity index (χ0n) is 9.02. The molecule has 1 rings (SSSR count). The molecule has 0 heterocycles. The molecule has 15 heavy (non-hydrogen) atoms. The first-order valence-electron chi connectivity index (χ1n) is 5.33. The lowest BCUT2D eigenvalue weighted by atomic mass is 10.2. The van der Waals surface area contributed by atoms with Crippen LogP contribution in [0.3, 0.4) is 0 Å². The van der Waals surface area contributed by atoms with Crippen molar-refractivity contribution in [3.8, 4) is 0 Å². The molecular formula is C12H19NO2. The van der Waals surface area contributed by atoms with E-state index in [1.54, 1.807) is 0 Å². The van der Waals surface area contributed by atoms with Gasteiger partial charge in [-0.05, 0) is 12.0 Å². The van der Waals surface area contributed by atoms with Crippen LogP contribution < -0.4 is 5.73 Å². The Morgan fingerprint density at radius 2 is 1.53 bits per heavy atom. The normalized spacial score (nSPS) is 10.5. The van der Waals surface area contributed by atoms with Crippen molar-refractivity contribution in [2.45, 2.75) is 6.42 Å². The Hall–Kier alpha value is -0.900. The molecule has 0 bridgehead atoms. The highest BCUT2D eigenvalue weighted by Crippen LogP contribution is 1.99. The molecule has 0 unspecified atom stereocenters. The quantitative estimate of drug-likeness (QED) is 0.655. The Kier molecular flexibility index (Phi) is 6.83. The van der Waals surface area contributed by atoms with Crippen LogP contribution in [0.5, 0.6) is 0 Å². The average molecular weight is 209 g/mol. The van der Waals surface area contributed by atoms with Gasteiger partial charge in [-0.25, -0.2) is 0 Å². The van der Waals surface area contributed by atoms with Gasteiger partial charge in [0.1, 0.15) is 0 Å². The Bertz CT molecular complexity index is 239. The maximum absolute atomic E-state index is 5.42. The number of hydrogen-bond donors (Lipinski definition) is 1. The first-order valence-corrected chi connectivity index (χ1v) is 5.33. The molecule has 0 spiro atoms. The molecule has 0 aromatic heterocycles. The van der Waals surface area contributed by atoms with Crippen LogP contribution in [-0.4, -0.2) is 33.0 Å². The zero-order valence-corrected chi connectivity index (χ0v) is 9.02. The summed E-state index contributed by atoms with van der Waals surface area (Å²) in [6.45, 7) is 3.21. The molecule has 0 fully saturated rings. The Balaban J connectivity index is 1.93. The molecular weight excluding hydrogens is 190 g/mol. The van der Waals surface area contributed by atoms with Gasteiger partial charge in [0.05, 0.1) is 26.4 Å². The van der Waals surface area contributed by atoms with Crippen molar-refractivity contribution in [1.29, 1.82) is 0 Å². The summed E-state index contributed by atoms with van der Waals surface area (Å²) in [5.74, 6) is 0. The van der Waals surface area contributed by atoms with Crippen molar-refractivity contribution in [1.82, 2.24) is 0 Å². The fourth-order valence-corrected chi connectivity index (χ4v) is 1.24. The summed E-state index contributed by atoms with van der Waals surface area (Å²) >= 11 is 0. The number of ether oxygens (including phenoxy) is 2. The van der Waals surface area contributed by atoms with Gasteiger partial charge in [-0.3, -0.25) is 0 Å². The highest BCUT2D eigenvalue weighted by Gasteiger charge is 1.92. The van der Waals surface area contributed by atoms with Crippen molar-refractivity contribution in [3.63, 3.8) is 0 Å². The van der Waals surface area contributed by atoms with Crippen LogP contribution in [-0.2, 0) is 15.9 Å². The third-order valence-electron chi connectivity index (χ3n) is 2.01. The van der Waals surface area contributed by atoms with Crippen LogP contribution >= 0.6 is 0 Å². The van der Waals surface area contributed by atoms with Crippen LogP contribution in [0, 0.1) is 0 Å². The molecule has 84 valence electrons. The second kappa shape index (κ2) is 8.41. The first-order chi connectivity index (χ1) is 7.43. The molecule has 3 nitrogen and oxygen atoms in total. The van der Waals surface area contributed by atoms with Crippen molar-refractivity contribution < 1.29 is 9.47 Å². The summed E-state index contributed by atoms with van der Waals surface area (Å²) in [5.41, 5.74) is 6.59. The van der Waals surface area contributed by atoms with E-state index in [0.717, 1.165) is 13.0 Å². The van der Waals surface area contributed by atoms with Crippen molar-refractivity contribution >= 4 is 0 Å². The molecule has 0 saturated carbocycles. The topological polar surface area (TPSA) is 44.5 Å². The summed E-state index contributed by atoms with van der Waals surface area (Å²) in [5, 5.41) is 0. The van der Waals surface area contributed by atoms with E-state index in [1.165, 1.54) is 5.56 Å². The van der Waals surface area contributed by atoms with E-state index in [0.29, 0.717) is 26.4 Å². The highest BCUT2D eigenvalue weighted by atomic mass is 16.5. The van der Waals surface area contributed by atoms with Crippen molar-refractivity contribution in [3.05, 3.63) is 35.9 Å². The lowest BCUT2D eigenvalue weighted by Crippen LogP contribution is -2.12. The molecule has 0 atom stereocenters. The van der Waals surface area contributed by atoms with Crippen molar-refractivity contribution in [2.24, 2.45) is 5.73 Å². The molecule has 0 amide bonds. The van der Waals surface area contributed by atoms with Crippen LogP contribution in [0.15, 0.2) is 30.3 Å². The summed E-state index contributed by atoms with van der Waals surface area (Å²) in [7, 11) is 0. The highest BCUT2D eigenvalue weighted by molar-refractivity contribution is 5.14. The van der Waals surface area contributed by atoms with Gasteiger partial charge >= 0.3 is 0 Å². The van der Waals surface area contributed by atoms with Crippen LogP contribution in [0.1, 0.15) is 5.56 Å². The minimum atomic E-state index is 0.573. The SMILES string of the molecule is NCCOCCOCCc1ccccc1. The van der Waals surface area contributed by atoms with Gasteiger partial charge in [0.25, 0.3) is 0 Å². The molecule has 0 radical (unpaired) electrons. The minimum absolute atomic E-state index is 0.573. The molecule has 1 aromatic carbocycles. The number of benzene rings is 1. The van der Waals surface area contributed by atoms with Gasteiger partial charge in [-0.1, -0.05) is 30.3 Å². The fraction of sp³-hybridized carbons (Fsp3) is 0.500. The predicted molar refractivity (Wildman–Crippen MR) is 60.8 cm³/mol. The molecule has 0 aliphatic carbocycles. The first kappa shape index (κ1) is 12.2. The Morgan fingerprint density at radius 1 is 0.867 bits per heavy atom. The molecule has 0 aliphatic heterocycles. The van der Waals surface area contributed by atoms with Crippen molar-refractivity contribution in [2.75, 3.05) is 33.0 Å². The van der Waals surface area contributed by atoms with E-state index in [1.807, 2.05) is 18.2 Å². The van der Waals surface area contributed by atoms with Gasteiger partial charge < -0.3 is 15.2 Å². The summed E-state index contributed by atoms with van der Waals surface area (Å²) < 4.78 is 10.6. The number of nitrogens with two attached hydrogens (primary N) is 1. The van der Waals surface area contributed by atoms with E-state index in [9.17, 15) is 0 Å². The standard InChI is InChI=1S/C12H19NO2/c13-7-9-15-11-10-14-8-6-12-4-2-1-3-5-12/h1-5H,6-11,13H2. The number of rotatable bonds is 8. The van der Waals surface area contributed by atoms with Crippen LogP contribution in [0.2, 0.25) is 0 Å². The smallest absolute Gasteiger partial charge is 0.0701 e. The van der Waals surface area contributed by atoms with Crippen LogP contribution in [0.25, 0.3) is 0 Å². The van der Waals surface area contributed by atoms with E-state index < -0.39 is 0 Å². The second-order valence-electron chi connectivity index (χ2n) is 3.25. The lowest BCUT2D eigenvalue weighted by molar-refractivity contribution is 0.0519. The van der Waals surface area contributed by atoms with Gasteiger partial charge in [0.2, 0.25) is 0 Å². The lowest BCUT2D eigenvalue weighted by Gasteiger charge is -2.04. The third kappa shape index (κ3) is 6.23. The molecule has 2 N–H and O–H groups in total. The van der Waals surface area contributed by atoms with Gasteiger partial charge in [0, 0.05) is 6.54 Å². The largest absolute Gasteiger partial charge is 0.379 e. The third-order valence-corrected chi connectivity index (χ3v) is 2.01.